The summed E-state index contributed by atoms with van der Waals surface area (Å²) < 4.78 is 21.7. The van der Waals surface area contributed by atoms with E-state index in [9.17, 15) is 4.39 Å². The number of nitrogens with zero attached hydrogens (tertiary/aromatic N) is 1. The Morgan fingerprint density at radius 1 is 1.30 bits per heavy atom. The zero-order valence-corrected chi connectivity index (χ0v) is 12.9. The Bertz CT molecular complexity index is 856. The summed E-state index contributed by atoms with van der Waals surface area (Å²) in [6, 6.07) is 10.7. The first-order valence-corrected chi connectivity index (χ1v) is 7.05. The average molecular weight is 353 g/mol. The van der Waals surface area contributed by atoms with Gasteiger partial charge in [0, 0.05) is 6.07 Å². The first kappa shape index (κ1) is 13.3. The van der Waals surface area contributed by atoms with Gasteiger partial charge in [-0.05, 0) is 46.3 Å². The maximum Gasteiger partial charge on any atom is 0.182 e. The van der Waals surface area contributed by atoms with E-state index in [-0.39, 0.29) is 5.82 Å². The van der Waals surface area contributed by atoms with Crippen molar-refractivity contribution in [2.24, 2.45) is 0 Å². The van der Waals surface area contributed by atoms with Crippen LogP contribution in [0.4, 0.5) is 4.39 Å². The van der Waals surface area contributed by atoms with E-state index < -0.39 is 0 Å². The van der Waals surface area contributed by atoms with E-state index in [4.69, 9.17) is 17.0 Å². The molecule has 0 saturated heterocycles. The second-order valence-electron chi connectivity index (χ2n) is 4.22. The summed E-state index contributed by atoms with van der Waals surface area (Å²) in [7, 11) is 1.60. The van der Waals surface area contributed by atoms with Crippen LogP contribution in [0, 0.1) is 10.6 Å². The molecule has 0 fully saturated rings. The van der Waals surface area contributed by atoms with Crippen molar-refractivity contribution in [1.29, 1.82) is 0 Å². The fraction of sp³-hybridized carbons (Fsp3) is 0.0714. The number of hydrogen-bond donors (Lipinski definition) is 1. The van der Waals surface area contributed by atoms with Gasteiger partial charge in [0.25, 0.3) is 0 Å². The number of fused-ring (bicyclic) bond motifs is 1. The third kappa shape index (κ3) is 2.05. The molecule has 0 bridgehead atoms. The van der Waals surface area contributed by atoms with Crippen LogP contribution in [0.2, 0.25) is 0 Å². The number of rotatable bonds is 2. The molecule has 0 aliphatic heterocycles. The van der Waals surface area contributed by atoms with Crippen LogP contribution in [0.15, 0.2) is 40.9 Å². The first-order valence-electron chi connectivity index (χ1n) is 5.85. The molecular weight excluding hydrogens is 343 g/mol. The van der Waals surface area contributed by atoms with Gasteiger partial charge >= 0.3 is 0 Å². The van der Waals surface area contributed by atoms with Crippen LogP contribution < -0.4 is 4.74 Å². The summed E-state index contributed by atoms with van der Waals surface area (Å²) >= 11 is 8.54. The van der Waals surface area contributed by atoms with E-state index in [1.54, 1.807) is 13.2 Å². The highest BCUT2D eigenvalue weighted by Crippen LogP contribution is 2.29. The zero-order valence-electron chi connectivity index (χ0n) is 10.5. The Balaban J connectivity index is 2.39. The molecule has 102 valence electrons. The Kier molecular flexibility index (Phi) is 3.35. The van der Waals surface area contributed by atoms with Gasteiger partial charge in [-0.3, -0.25) is 4.57 Å². The van der Waals surface area contributed by atoms with E-state index in [1.165, 1.54) is 6.07 Å². The van der Waals surface area contributed by atoms with E-state index in [1.807, 2.05) is 28.8 Å². The van der Waals surface area contributed by atoms with Crippen LogP contribution >= 0.6 is 28.1 Å². The molecule has 0 aliphatic carbocycles. The molecule has 0 unspecified atom stereocenters. The van der Waals surface area contributed by atoms with E-state index in [0.29, 0.717) is 20.5 Å². The van der Waals surface area contributed by atoms with Gasteiger partial charge < -0.3 is 9.72 Å². The smallest absolute Gasteiger partial charge is 0.182 e. The molecule has 0 aliphatic rings. The Hall–Kier alpha value is -1.66. The van der Waals surface area contributed by atoms with Gasteiger partial charge in [-0.15, -0.1) is 0 Å². The lowest BCUT2D eigenvalue weighted by Crippen LogP contribution is -1.97. The molecule has 1 heterocycles. The van der Waals surface area contributed by atoms with Gasteiger partial charge in [-0.1, -0.05) is 12.1 Å². The van der Waals surface area contributed by atoms with Crippen molar-refractivity contribution in [1.82, 2.24) is 9.55 Å². The van der Waals surface area contributed by atoms with Crippen molar-refractivity contribution in [3.8, 4) is 11.4 Å². The fourth-order valence-corrected chi connectivity index (χ4v) is 2.79. The first-order chi connectivity index (χ1) is 9.61. The molecule has 0 atom stereocenters. The third-order valence-electron chi connectivity index (χ3n) is 3.05. The van der Waals surface area contributed by atoms with E-state index in [2.05, 4.69) is 20.9 Å². The second-order valence-corrected chi connectivity index (χ2v) is 5.46. The van der Waals surface area contributed by atoms with Crippen molar-refractivity contribution >= 4 is 39.2 Å². The molecule has 0 amide bonds. The van der Waals surface area contributed by atoms with Gasteiger partial charge in [0.1, 0.15) is 11.6 Å². The van der Waals surface area contributed by atoms with Gasteiger partial charge in [-0.25, -0.2) is 4.39 Å². The van der Waals surface area contributed by atoms with Crippen LogP contribution in [0.5, 0.6) is 5.75 Å². The number of H-pyrrole nitrogens is 1. The predicted molar refractivity (Wildman–Crippen MR) is 82.7 cm³/mol. The number of methoxy groups -OCH3 is 1. The average Bonchev–Trinajstić information content (AvgIpc) is 2.74. The van der Waals surface area contributed by atoms with Crippen molar-refractivity contribution in [2.75, 3.05) is 7.11 Å². The van der Waals surface area contributed by atoms with Crippen LogP contribution in [0.25, 0.3) is 16.7 Å². The van der Waals surface area contributed by atoms with E-state index in [0.717, 1.165) is 11.2 Å². The summed E-state index contributed by atoms with van der Waals surface area (Å²) in [5, 5.41) is 0. The monoisotopic (exact) mass is 352 g/mol. The quantitative estimate of drug-likeness (QED) is 0.683. The molecule has 0 spiro atoms. The van der Waals surface area contributed by atoms with Crippen LogP contribution in [-0.2, 0) is 0 Å². The number of ether oxygens (including phenoxy) is 1. The van der Waals surface area contributed by atoms with Crippen LogP contribution in [0.1, 0.15) is 0 Å². The number of hydrogen-bond acceptors (Lipinski definition) is 2. The largest absolute Gasteiger partial charge is 0.495 e. The lowest BCUT2D eigenvalue weighted by Gasteiger charge is -2.10. The number of halogens is 2. The maximum atomic E-state index is 13.6. The van der Waals surface area contributed by atoms with Gasteiger partial charge in [0.15, 0.2) is 4.77 Å². The Morgan fingerprint density at radius 2 is 2.05 bits per heavy atom. The van der Waals surface area contributed by atoms with Crippen molar-refractivity contribution in [3.63, 3.8) is 0 Å². The zero-order chi connectivity index (χ0) is 14.3. The molecule has 20 heavy (non-hydrogen) atoms. The molecular formula is C14H10BrFN2OS. The summed E-state index contributed by atoms with van der Waals surface area (Å²) in [5.74, 6) is 0.367. The predicted octanol–water partition coefficient (Wildman–Crippen LogP) is 4.60. The summed E-state index contributed by atoms with van der Waals surface area (Å²) in [6.07, 6.45) is 0. The SMILES string of the molecule is COc1ccccc1-n1c(=S)[nH]c2cc(F)c(Br)cc21. The Labute approximate surface area is 128 Å². The molecule has 1 N–H and O–H groups in total. The summed E-state index contributed by atoms with van der Waals surface area (Å²) in [4.78, 5) is 3.01. The fourth-order valence-electron chi connectivity index (χ4n) is 2.16. The molecule has 1 aromatic heterocycles. The number of para-hydroxylation sites is 2. The lowest BCUT2D eigenvalue weighted by molar-refractivity contribution is 0.413. The normalized spacial score (nSPS) is 10.9. The summed E-state index contributed by atoms with van der Waals surface area (Å²) in [5.41, 5.74) is 2.24. The number of imidazole rings is 1. The number of nitrogens with one attached hydrogen (secondary N) is 1. The highest BCUT2D eigenvalue weighted by atomic mass is 79.9. The summed E-state index contributed by atoms with van der Waals surface area (Å²) in [6.45, 7) is 0. The van der Waals surface area contributed by atoms with Crippen molar-refractivity contribution in [2.45, 2.75) is 0 Å². The minimum atomic E-state index is -0.332. The molecule has 3 rings (SSSR count). The lowest BCUT2D eigenvalue weighted by atomic mass is 10.2. The van der Waals surface area contributed by atoms with Crippen molar-refractivity contribution < 1.29 is 9.13 Å². The topological polar surface area (TPSA) is 29.9 Å². The van der Waals surface area contributed by atoms with Crippen LogP contribution in [-0.4, -0.2) is 16.7 Å². The second kappa shape index (κ2) is 5.03. The van der Waals surface area contributed by atoms with Gasteiger partial charge in [-0.2, -0.15) is 0 Å². The maximum absolute atomic E-state index is 13.6. The number of benzene rings is 2. The molecule has 3 aromatic rings. The number of aromatic nitrogens is 2. The Morgan fingerprint density at radius 3 is 2.80 bits per heavy atom. The van der Waals surface area contributed by atoms with Gasteiger partial charge in [0.2, 0.25) is 0 Å². The highest BCUT2D eigenvalue weighted by molar-refractivity contribution is 9.10. The van der Waals surface area contributed by atoms with Crippen LogP contribution in [0.3, 0.4) is 0 Å². The minimum absolute atomic E-state index is 0.332. The van der Waals surface area contributed by atoms with E-state index >= 15 is 0 Å². The molecule has 0 saturated carbocycles. The standard InChI is InChI=1S/C14H10BrFN2OS/c1-19-13-5-3-2-4-11(13)18-12-6-8(15)9(16)7-10(12)17-14(18)20/h2-7H,1H3,(H,17,20). The molecule has 2 aromatic carbocycles. The number of aromatic amines is 1. The van der Waals surface area contributed by atoms with Crippen molar-refractivity contribution in [3.05, 3.63) is 51.5 Å². The third-order valence-corrected chi connectivity index (χ3v) is 3.94. The highest BCUT2D eigenvalue weighted by Gasteiger charge is 2.13. The van der Waals surface area contributed by atoms with Gasteiger partial charge in [0.05, 0.1) is 28.3 Å². The minimum Gasteiger partial charge on any atom is -0.495 e. The molecule has 0 radical (unpaired) electrons. The molecule has 3 nitrogen and oxygen atoms in total. The molecule has 6 heteroatoms.